The molecule has 0 amide bonds. The Balaban J connectivity index is 1.84. The molecule has 0 aliphatic heterocycles. The van der Waals surface area contributed by atoms with Crippen LogP contribution in [0.15, 0.2) is 36.7 Å². The normalized spacial score (nSPS) is 10.2. The minimum atomic E-state index is 0.303. The number of aromatic nitrogens is 2. The minimum Gasteiger partial charge on any atom is -0.471 e. The van der Waals surface area contributed by atoms with Gasteiger partial charge in [0.1, 0.15) is 5.75 Å². The Hall–Kier alpha value is -1.79. The summed E-state index contributed by atoms with van der Waals surface area (Å²) in [5, 5.41) is 11.6. The summed E-state index contributed by atoms with van der Waals surface area (Å²) in [7, 11) is 0. The van der Waals surface area contributed by atoms with Crippen LogP contribution in [-0.4, -0.2) is 21.4 Å². The summed E-state index contributed by atoms with van der Waals surface area (Å²) < 4.78 is 7.27. The second-order valence-corrected chi connectivity index (χ2v) is 5.22. The molecule has 21 heavy (non-hydrogen) atoms. The average Bonchev–Trinajstić information content (AvgIpc) is 2.90. The second kappa shape index (κ2) is 7.85. The van der Waals surface area contributed by atoms with Crippen molar-refractivity contribution in [3.05, 3.63) is 41.7 Å². The summed E-state index contributed by atoms with van der Waals surface area (Å²) in [6.07, 6.45) is 4.54. The van der Waals surface area contributed by atoms with E-state index in [9.17, 15) is 0 Å². The third-order valence-electron chi connectivity index (χ3n) is 2.59. The molecule has 0 saturated carbocycles. The van der Waals surface area contributed by atoms with Crippen LogP contribution in [0.25, 0.3) is 0 Å². The lowest BCUT2D eigenvalue weighted by Gasteiger charge is -2.07. The standard InChI is InChI=1S/C14H17ClN4OS/c1-2-6-16-14(21)18-12-8-17-19(9-12)10-20-13-5-3-4-11(15)7-13/h3-5,7-9H,2,6,10H2,1H3,(H2,16,18,21). The van der Waals surface area contributed by atoms with Gasteiger partial charge in [-0.1, -0.05) is 24.6 Å². The molecule has 2 aromatic rings. The minimum absolute atomic E-state index is 0.303. The van der Waals surface area contributed by atoms with Gasteiger partial charge in [-0.15, -0.1) is 0 Å². The molecule has 1 heterocycles. The third kappa shape index (κ3) is 5.24. The van der Waals surface area contributed by atoms with Crippen LogP contribution >= 0.6 is 23.8 Å². The van der Waals surface area contributed by atoms with Crippen LogP contribution in [0, 0.1) is 0 Å². The molecule has 2 rings (SSSR count). The predicted molar refractivity (Wildman–Crippen MR) is 88.8 cm³/mol. The monoisotopic (exact) mass is 324 g/mol. The molecule has 2 N–H and O–H groups in total. The molecular formula is C14H17ClN4OS. The van der Waals surface area contributed by atoms with Gasteiger partial charge in [0.25, 0.3) is 0 Å². The molecule has 7 heteroatoms. The van der Waals surface area contributed by atoms with E-state index in [4.69, 9.17) is 28.6 Å². The lowest BCUT2D eigenvalue weighted by atomic mass is 10.3. The zero-order chi connectivity index (χ0) is 15.1. The van der Waals surface area contributed by atoms with E-state index in [2.05, 4.69) is 22.7 Å². The van der Waals surface area contributed by atoms with Gasteiger partial charge in [-0.05, 0) is 36.8 Å². The number of hydrogen-bond donors (Lipinski definition) is 2. The van der Waals surface area contributed by atoms with Gasteiger partial charge in [-0.3, -0.25) is 0 Å². The highest BCUT2D eigenvalue weighted by Gasteiger charge is 2.01. The first kappa shape index (κ1) is 15.6. The number of halogens is 1. The van der Waals surface area contributed by atoms with Crippen molar-refractivity contribution in [3.8, 4) is 5.75 Å². The highest BCUT2D eigenvalue weighted by Crippen LogP contribution is 2.17. The zero-order valence-corrected chi connectivity index (χ0v) is 13.2. The first-order valence-corrected chi connectivity index (χ1v) is 7.41. The Morgan fingerprint density at radius 3 is 3.10 bits per heavy atom. The van der Waals surface area contributed by atoms with Crippen LogP contribution in [0.2, 0.25) is 5.02 Å². The molecule has 0 radical (unpaired) electrons. The lowest BCUT2D eigenvalue weighted by Crippen LogP contribution is -2.28. The molecule has 0 saturated heterocycles. The molecular weight excluding hydrogens is 308 g/mol. The van der Waals surface area contributed by atoms with Crippen molar-refractivity contribution < 1.29 is 4.74 Å². The molecule has 1 aromatic carbocycles. The Bertz CT molecular complexity index is 602. The highest BCUT2D eigenvalue weighted by molar-refractivity contribution is 7.80. The van der Waals surface area contributed by atoms with Gasteiger partial charge >= 0.3 is 0 Å². The fourth-order valence-electron chi connectivity index (χ4n) is 1.61. The van der Waals surface area contributed by atoms with E-state index < -0.39 is 0 Å². The van der Waals surface area contributed by atoms with E-state index in [0.29, 0.717) is 22.6 Å². The van der Waals surface area contributed by atoms with E-state index >= 15 is 0 Å². The number of nitrogens with one attached hydrogen (secondary N) is 2. The summed E-state index contributed by atoms with van der Waals surface area (Å²) in [6, 6.07) is 7.24. The molecule has 0 spiro atoms. The van der Waals surface area contributed by atoms with Crippen molar-refractivity contribution in [2.24, 2.45) is 0 Å². The average molecular weight is 325 g/mol. The predicted octanol–water partition coefficient (Wildman–Crippen LogP) is 3.27. The molecule has 112 valence electrons. The topological polar surface area (TPSA) is 51.1 Å². The van der Waals surface area contributed by atoms with Crippen LogP contribution in [0.4, 0.5) is 5.69 Å². The Labute approximate surface area is 134 Å². The SMILES string of the molecule is CCCNC(=S)Nc1cnn(COc2cccc(Cl)c2)c1. The molecule has 1 aromatic heterocycles. The Morgan fingerprint density at radius 1 is 1.48 bits per heavy atom. The van der Waals surface area contributed by atoms with Crippen LogP contribution in [-0.2, 0) is 6.73 Å². The maximum Gasteiger partial charge on any atom is 0.180 e. The van der Waals surface area contributed by atoms with E-state index in [1.54, 1.807) is 23.0 Å². The zero-order valence-electron chi connectivity index (χ0n) is 11.7. The first-order chi connectivity index (χ1) is 10.2. The van der Waals surface area contributed by atoms with Crippen LogP contribution < -0.4 is 15.4 Å². The molecule has 0 atom stereocenters. The summed E-state index contributed by atoms with van der Waals surface area (Å²) >= 11 is 11.1. The molecule has 0 aliphatic carbocycles. The summed E-state index contributed by atoms with van der Waals surface area (Å²) in [5.41, 5.74) is 0.818. The number of rotatable bonds is 6. The van der Waals surface area contributed by atoms with Gasteiger partial charge in [-0.25, -0.2) is 4.68 Å². The Kier molecular flexibility index (Phi) is 5.83. The summed E-state index contributed by atoms with van der Waals surface area (Å²) in [4.78, 5) is 0. The number of ether oxygens (including phenoxy) is 1. The lowest BCUT2D eigenvalue weighted by molar-refractivity contribution is 0.221. The van der Waals surface area contributed by atoms with E-state index in [-0.39, 0.29) is 0 Å². The fourth-order valence-corrected chi connectivity index (χ4v) is 2.01. The van der Waals surface area contributed by atoms with E-state index in [1.165, 1.54) is 0 Å². The number of thiocarbonyl (C=S) groups is 1. The van der Waals surface area contributed by atoms with Crippen LogP contribution in [0.3, 0.4) is 0 Å². The van der Waals surface area contributed by atoms with Crippen LogP contribution in [0.5, 0.6) is 5.75 Å². The molecule has 0 aliphatic rings. The number of anilines is 1. The molecule has 5 nitrogen and oxygen atoms in total. The largest absolute Gasteiger partial charge is 0.471 e. The number of benzene rings is 1. The van der Waals surface area contributed by atoms with Crippen molar-refractivity contribution in [1.29, 1.82) is 0 Å². The third-order valence-corrected chi connectivity index (χ3v) is 3.07. The van der Waals surface area contributed by atoms with Crippen molar-refractivity contribution in [3.63, 3.8) is 0 Å². The van der Waals surface area contributed by atoms with Crippen molar-refractivity contribution in [1.82, 2.24) is 15.1 Å². The van der Waals surface area contributed by atoms with E-state index in [0.717, 1.165) is 18.7 Å². The molecule has 0 bridgehead atoms. The number of nitrogens with zero attached hydrogens (tertiary/aromatic N) is 2. The van der Waals surface area contributed by atoms with Crippen molar-refractivity contribution in [2.45, 2.75) is 20.1 Å². The van der Waals surface area contributed by atoms with Gasteiger partial charge in [0.2, 0.25) is 0 Å². The first-order valence-electron chi connectivity index (χ1n) is 6.63. The Morgan fingerprint density at radius 2 is 2.33 bits per heavy atom. The summed E-state index contributed by atoms with van der Waals surface area (Å²) in [6.45, 7) is 3.23. The van der Waals surface area contributed by atoms with Gasteiger partial charge in [-0.2, -0.15) is 5.10 Å². The van der Waals surface area contributed by atoms with E-state index in [1.807, 2.05) is 18.3 Å². The maximum absolute atomic E-state index is 5.90. The van der Waals surface area contributed by atoms with Gasteiger partial charge in [0.15, 0.2) is 11.8 Å². The molecule has 0 unspecified atom stereocenters. The smallest absolute Gasteiger partial charge is 0.180 e. The van der Waals surface area contributed by atoms with Crippen molar-refractivity contribution in [2.75, 3.05) is 11.9 Å². The number of hydrogen-bond acceptors (Lipinski definition) is 3. The fraction of sp³-hybridized carbons (Fsp3) is 0.286. The quantitative estimate of drug-likeness (QED) is 0.799. The molecule has 0 fully saturated rings. The summed E-state index contributed by atoms with van der Waals surface area (Å²) in [5.74, 6) is 0.702. The second-order valence-electron chi connectivity index (χ2n) is 4.38. The van der Waals surface area contributed by atoms with Crippen LogP contribution in [0.1, 0.15) is 13.3 Å². The van der Waals surface area contributed by atoms with Crippen molar-refractivity contribution >= 4 is 34.6 Å². The van der Waals surface area contributed by atoms with Gasteiger partial charge in [0.05, 0.1) is 18.1 Å². The van der Waals surface area contributed by atoms with Gasteiger partial charge in [0, 0.05) is 11.6 Å². The van der Waals surface area contributed by atoms with Gasteiger partial charge < -0.3 is 15.4 Å². The maximum atomic E-state index is 5.90. The highest BCUT2D eigenvalue weighted by atomic mass is 35.5.